The van der Waals surface area contributed by atoms with Crippen LogP contribution in [0, 0.1) is 0 Å². The average molecular weight is 250 g/mol. The molecule has 2 N–H and O–H groups in total. The summed E-state index contributed by atoms with van der Waals surface area (Å²) in [6, 6.07) is 16.0. The third kappa shape index (κ3) is 2.10. The predicted octanol–water partition coefficient (Wildman–Crippen LogP) is 3.19. The Morgan fingerprint density at radius 1 is 1.00 bits per heavy atom. The molecule has 0 unspecified atom stereocenters. The van der Waals surface area contributed by atoms with Gasteiger partial charge in [0.2, 0.25) is 0 Å². The van der Waals surface area contributed by atoms with Crippen LogP contribution in [0.15, 0.2) is 54.7 Å². The van der Waals surface area contributed by atoms with Gasteiger partial charge in [0.15, 0.2) is 0 Å². The number of nitrogens with one attached hydrogen (secondary N) is 2. The van der Waals surface area contributed by atoms with Crippen LogP contribution in [0.4, 0.5) is 0 Å². The number of aromatic amines is 1. The molecular formula is C16H14N2O. The fourth-order valence-electron chi connectivity index (χ4n) is 2.19. The second-order valence-electron chi connectivity index (χ2n) is 4.44. The molecular weight excluding hydrogens is 236 g/mol. The molecule has 3 aromatic rings. The largest absolute Gasteiger partial charge is 0.361 e. The minimum Gasteiger partial charge on any atom is -0.361 e. The van der Waals surface area contributed by atoms with Crippen LogP contribution in [0.2, 0.25) is 0 Å². The molecule has 3 nitrogen and oxygen atoms in total. The molecule has 94 valence electrons. The van der Waals surface area contributed by atoms with Crippen LogP contribution >= 0.6 is 0 Å². The first-order valence-corrected chi connectivity index (χ1v) is 6.17. The van der Waals surface area contributed by atoms with Gasteiger partial charge in [-0.1, -0.05) is 18.2 Å². The maximum Gasteiger partial charge on any atom is 0.251 e. The molecule has 0 aliphatic carbocycles. The number of aromatic nitrogens is 1. The molecule has 0 spiro atoms. The monoisotopic (exact) mass is 250 g/mol. The Labute approximate surface area is 111 Å². The van der Waals surface area contributed by atoms with Crippen LogP contribution in [0.5, 0.6) is 0 Å². The van der Waals surface area contributed by atoms with E-state index in [1.165, 1.54) is 5.39 Å². The first-order valence-electron chi connectivity index (χ1n) is 6.17. The van der Waals surface area contributed by atoms with Crippen LogP contribution < -0.4 is 5.32 Å². The number of fused-ring (bicyclic) bond motifs is 1. The Morgan fingerprint density at radius 3 is 2.47 bits per heavy atom. The molecule has 0 aliphatic rings. The van der Waals surface area contributed by atoms with E-state index in [0.29, 0.717) is 5.56 Å². The maximum atomic E-state index is 11.5. The van der Waals surface area contributed by atoms with E-state index in [0.717, 1.165) is 16.6 Å². The minimum absolute atomic E-state index is 0.0624. The summed E-state index contributed by atoms with van der Waals surface area (Å²) in [6.45, 7) is 0. The molecule has 3 heteroatoms. The van der Waals surface area contributed by atoms with E-state index in [2.05, 4.69) is 34.6 Å². The van der Waals surface area contributed by atoms with Crippen LogP contribution in [0.1, 0.15) is 10.4 Å². The summed E-state index contributed by atoms with van der Waals surface area (Å²) in [5.41, 5.74) is 4.06. The van der Waals surface area contributed by atoms with Crippen molar-refractivity contribution in [2.45, 2.75) is 0 Å². The second kappa shape index (κ2) is 4.61. The maximum absolute atomic E-state index is 11.5. The fraction of sp³-hybridized carbons (Fsp3) is 0.0625. The summed E-state index contributed by atoms with van der Waals surface area (Å²) in [7, 11) is 1.63. The van der Waals surface area contributed by atoms with E-state index in [9.17, 15) is 4.79 Å². The van der Waals surface area contributed by atoms with Gasteiger partial charge in [0.25, 0.3) is 5.91 Å². The van der Waals surface area contributed by atoms with Crippen molar-refractivity contribution in [1.29, 1.82) is 0 Å². The van der Waals surface area contributed by atoms with E-state index < -0.39 is 0 Å². The Morgan fingerprint density at radius 2 is 1.74 bits per heavy atom. The van der Waals surface area contributed by atoms with Gasteiger partial charge in [-0.25, -0.2) is 0 Å². The Hall–Kier alpha value is -2.55. The van der Waals surface area contributed by atoms with Crippen molar-refractivity contribution in [3.05, 3.63) is 60.3 Å². The highest BCUT2D eigenvalue weighted by Crippen LogP contribution is 2.24. The van der Waals surface area contributed by atoms with Crippen LogP contribution in [-0.4, -0.2) is 17.9 Å². The molecule has 1 heterocycles. The molecule has 19 heavy (non-hydrogen) atoms. The molecule has 0 saturated carbocycles. The van der Waals surface area contributed by atoms with Gasteiger partial charge in [0.1, 0.15) is 0 Å². The quantitative estimate of drug-likeness (QED) is 0.720. The van der Waals surface area contributed by atoms with Gasteiger partial charge in [-0.05, 0) is 46.8 Å². The summed E-state index contributed by atoms with van der Waals surface area (Å²) >= 11 is 0. The van der Waals surface area contributed by atoms with E-state index in [4.69, 9.17) is 0 Å². The summed E-state index contributed by atoms with van der Waals surface area (Å²) in [4.78, 5) is 14.7. The smallest absolute Gasteiger partial charge is 0.251 e. The molecule has 3 rings (SSSR count). The lowest BCUT2D eigenvalue weighted by molar-refractivity contribution is 0.0963. The summed E-state index contributed by atoms with van der Waals surface area (Å²) in [6.07, 6.45) is 1.93. The number of rotatable bonds is 2. The first kappa shape index (κ1) is 11.5. The van der Waals surface area contributed by atoms with Crippen LogP contribution in [0.25, 0.3) is 22.0 Å². The van der Waals surface area contributed by atoms with Gasteiger partial charge in [0.05, 0.1) is 0 Å². The Bertz CT molecular complexity index is 726. The van der Waals surface area contributed by atoms with Crippen molar-refractivity contribution in [3.8, 4) is 11.1 Å². The number of H-pyrrole nitrogens is 1. The second-order valence-corrected chi connectivity index (χ2v) is 4.44. The number of hydrogen-bond donors (Lipinski definition) is 2. The highest BCUT2D eigenvalue weighted by atomic mass is 16.1. The van der Waals surface area contributed by atoms with Gasteiger partial charge in [-0.15, -0.1) is 0 Å². The lowest BCUT2D eigenvalue weighted by Crippen LogP contribution is -2.17. The van der Waals surface area contributed by atoms with E-state index in [1.54, 1.807) is 7.05 Å². The minimum atomic E-state index is -0.0624. The molecule has 0 aliphatic heterocycles. The topological polar surface area (TPSA) is 44.9 Å². The van der Waals surface area contributed by atoms with Crippen molar-refractivity contribution < 1.29 is 4.79 Å². The molecule has 0 radical (unpaired) electrons. The number of carbonyl (C=O) groups excluding carboxylic acids is 1. The lowest BCUT2D eigenvalue weighted by Gasteiger charge is -2.04. The van der Waals surface area contributed by atoms with Crippen molar-refractivity contribution >= 4 is 16.8 Å². The number of carbonyl (C=O) groups is 1. The van der Waals surface area contributed by atoms with Gasteiger partial charge in [-0.2, -0.15) is 0 Å². The van der Waals surface area contributed by atoms with Crippen LogP contribution in [-0.2, 0) is 0 Å². The number of amides is 1. The molecule has 0 saturated heterocycles. The highest BCUT2D eigenvalue weighted by Gasteiger charge is 2.04. The van der Waals surface area contributed by atoms with Crippen LogP contribution in [0.3, 0.4) is 0 Å². The zero-order valence-corrected chi connectivity index (χ0v) is 10.6. The molecule has 0 fully saturated rings. The zero-order chi connectivity index (χ0) is 13.2. The third-order valence-corrected chi connectivity index (χ3v) is 3.26. The van der Waals surface area contributed by atoms with Crippen molar-refractivity contribution in [3.63, 3.8) is 0 Å². The third-order valence-electron chi connectivity index (χ3n) is 3.26. The zero-order valence-electron chi connectivity index (χ0n) is 10.6. The summed E-state index contributed by atoms with van der Waals surface area (Å²) in [5.74, 6) is -0.0624. The first-order chi connectivity index (χ1) is 9.28. The molecule has 0 bridgehead atoms. The highest BCUT2D eigenvalue weighted by molar-refractivity contribution is 5.94. The average Bonchev–Trinajstić information content (AvgIpc) is 2.94. The van der Waals surface area contributed by atoms with Crippen molar-refractivity contribution in [2.24, 2.45) is 0 Å². The molecule has 1 aromatic heterocycles. The molecule has 2 aromatic carbocycles. The normalized spacial score (nSPS) is 10.6. The summed E-state index contributed by atoms with van der Waals surface area (Å²) < 4.78 is 0. The van der Waals surface area contributed by atoms with Crippen molar-refractivity contribution in [2.75, 3.05) is 7.05 Å². The van der Waals surface area contributed by atoms with E-state index in [1.807, 2.05) is 30.5 Å². The van der Waals surface area contributed by atoms with E-state index in [-0.39, 0.29) is 5.91 Å². The van der Waals surface area contributed by atoms with Crippen molar-refractivity contribution in [1.82, 2.24) is 10.3 Å². The molecule has 1 amide bonds. The van der Waals surface area contributed by atoms with E-state index >= 15 is 0 Å². The van der Waals surface area contributed by atoms with Gasteiger partial charge in [0, 0.05) is 24.3 Å². The molecule has 0 atom stereocenters. The Kier molecular flexibility index (Phi) is 2.80. The number of benzene rings is 2. The lowest BCUT2D eigenvalue weighted by atomic mass is 10.0. The van der Waals surface area contributed by atoms with Gasteiger partial charge < -0.3 is 10.3 Å². The standard InChI is InChI=1S/C16H14N2O/c1-17-16(19)12-4-2-11(3-5-12)13-6-7-15-14(10-13)8-9-18-15/h2-10,18H,1H3,(H,17,19). The summed E-state index contributed by atoms with van der Waals surface area (Å²) in [5, 5.41) is 3.81. The Balaban J connectivity index is 1.99. The number of hydrogen-bond acceptors (Lipinski definition) is 1. The fourth-order valence-corrected chi connectivity index (χ4v) is 2.19. The van der Waals surface area contributed by atoms with Gasteiger partial charge in [-0.3, -0.25) is 4.79 Å². The predicted molar refractivity (Wildman–Crippen MR) is 77.1 cm³/mol. The van der Waals surface area contributed by atoms with Gasteiger partial charge >= 0.3 is 0 Å². The SMILES string of the molecule is CNC(=O)c1ccc(-c2ccc3[nH]ccc3c2)cc1.